The fourth-order valence-electron chi connectivity index (χ4n) is 2.06. The van der Waals surface area contributed by atoms with E-state index in [1.165, 1.54) is 18.2 Å². The molecule has 0 atom stereocenters. The average molecular weight is 350 g/mol. The first-order valence-corrected chi connectivity index (χ1v) is 7.05. The molecule has 0 aliphatic carbocycles. The standard InChI is InChI=1S/C16H13BrFNO2/c1-10-4-14(17)5-12(8-20)16(10)21-9-13-6-15(18)3-2-11(13)7-19/h2-6,20H,8-9H2,1H3. The maximum atomic E-state index is 13.3. The fourth-order valence-corrected chi connectivity index (χ4v) is 2.68. The molecule has 108 valence electrons. The smallest absolute Gasteiger partial charge is 0.128 e. The Hall–Kier alpha value is -1.90. The number of aliphatic hydroxyl groups is 1. The quantitative estimate of drug-likeness (QED) is 0.912. The van der Waals surface area contributed by atoms with Crippen LogP contribution in [0.1, 0.15) is 22.3 Å². The third kappa shape index (κ3) is 3.60. The second kappa shape index (κ2) is 6.70. The lowest BCUT2D eigenvalue weighted by molar-refractivity contribution is 0.257. The van der Waals surface area contributed by atoms with Crippen molar-refractivity contribution in [2.75, 3.05) is 0 Å². The summed E-state index contributed by atoms with van der Waals surface area (Å²) in [4.78, 5) is 0. The van der Waals surface area contributed by atoms with Crippen molar-refractivity contribution in [3.8, 4) is 11.8 Å². The summed E-state index contributed by atoms with van der Waals surface area (Å²) in [6.45, 7) is 1.76. The van der Waals surface area contributed by atoms with Crippen LogP contribution in [0.3, 0.4) is 0 Å². The lowest BCUT2D eigenvalue weighted by atomic mass is 10.1. The van der Waals surface area contributed by atoms with Crippen molar-refractivity contribution in [3.63, 3.8) is 0 Å². The molecule has 1 N–H and O–H groups in total. The average Bonchev–Trinajstić information content (AvgIpc) is 2.45. The number of benzene rings is 2. The minimum Gasteiger partial charge on any atom is -0.488 e. The number of ether oxygens (including phenoxy) is 1. The summed E-state index contributed by atoms with van der Waals surface area (Å²) in [6, 6.07) is 9.59. The molecule has 0 unspecified atom stereocenters. The summed E-state index contributed by atoms with van der Waals surface area (Å²) in [6.07, 6.45) is 0. The third-order valence-electron chi connectivity index (χ3n) is 3.05. The van der Waals surface area contributed by atoms with Gasteiger partial charge in [-0.15, -0.1) is 0 Å². The van der Waals surface area contributed by atoms with E-state index in [1.54, 1.807) is 6.07 Å². The highest BCUT2D eigenvalue weighted by Crippen LogP contribution is 2.29. The Kier molecular flexibility index (Phi) is 4.94. The summed E-state index contributed by atoms with van der Waals surface area (Å²) in [5.41, 5.74) is 2.33. The molecule has 5 heteroatoms. The van der Waals surface area contributed by atoms with Crippen LogP contribution < -0.4 is 4.74 Å². The van der Waals surface area contributed by atoms with Crippen LogP contribution in [0.4, 0.5) is 4.39 Å². The molecular weight excluding hydrogens is 337 g/mol. The largest absolute Gasteiger partial charge is 0.488 e. The van der Waals surface area contributed by atoms with Gasteiger partial charge in [0.05, 0.1) is 18.2 Å². The molecule has 0 radical (unpaired) electrons. The van der Waals surface area contributed by atoms with Gasteiger partial charge in [0.2, 0.25) is 0 Å². The van der Waals surface area contributed by atoms with E-state index in [-0.39, 0.29) is 13.2 Å². The second-order valence-corrected chi connectivity index (χ2v) is 5.49. The predicted molar refractivity (Wildman–Crippen MR) is 80.2 cm³/mol. The molecule has 2 rings (SSSR count). The van der Waals surface area contributed by atoms with E-state index < -0.39 is 5.82 Å². The molecule has 0 spiro atoms. The van der Waals surface area contributed by atoms with Crippen molar-refractivity contribution in [3.05, 3.63) is 62.9 Å². The van der Waals surface area contributed by atoms with Crippen molar-refractivity contribution in [2.24, 2.45) is 0 Å². The molecule has 0 saturated carbocycles. The van der Waals surface area contributed by atoms with Crippen LogP contribution in [0, 0.1) is 24.1 Å². The van der Waals surface area contributed by atoms with Gasteiger partial charge >= 0.3 is 0 Å². The molecule has 0 amide bonds. The van der Waals surface area contributed by atoms with Crippen LogP contribution in [0.15, 0.2) is 34.8 Å². The zero-order valence-electron chi connectivity index (χ0n) is 11.4. The van der Waals surface area contributed by atoms with Gasteiger partial charge in [0.15, 0.2) is 0 Å². The molecule has 3 nitrogen and oxygen atoms in total. The van der Waals surface area contributed by atoms with Gasteiger partial charge in [-0.1, -0.05) is 15.9 Å². The topological polar surface area (TPSA) is 53.2 Å². The number of nitriles is 1. The predicted octanol–water partition coefficient (Wildman–Crippen LogP) is 3.84. The molecule has 0 fully saturated rings. The summed E-state index contributed by atoms with van der Waals surface area (Å²) in [5.74, 6) is 0.136. The van der Waals surface area contributed by atoms with E-state index in [4.69, 9.17) is 10.00 Å². The van der Waals surface area contributed by atoms with Crippen molar-refractivity contribution in [1.29, 1.82) is 5.26 Å². The Morgan fingerprint density at radius 2 is 2.05 bits per heavy atom. The monoisotopic (exact) mass is 349 g/mol. The minimum absolute atomic E-state index is 0.0656. The molecule has 0 heterocycles. The van der Waals surface area contributed by atoms with Gasteiger partial charge in [-0.2, -0.15) is 5.26 Å². The molecule has 0 aromatic heterocycles. The van der Waals surface area contributed by atoms with Crippen molar-refractivity contribution in [1.82, 2.24) is 0 Å². The van der Waals surface area contributed by atoms with Crippen LogP contribution in [0.25, 0.3) is 0 Å². The summed E-state index contributed by atoms with van der Waals surface area (Å²) in [5, 5.41) is 18.4. The number of aliphatic hydroxyl groups excluding tert-OH is 1. The summed E-state index contributed by atoms with van der Waals surface area (Å²) >= 11 is 3.36. The Bertz CT molecular complexity index is 710. The van der Waals surface area contributed by atoms with Gasteiger partial charge in [0, 0.05) is 15.6 Å². The molecule has 0 aliphatic heterocycles. The number of rotatable bonds is 4. The number of hydrogen-bond acceptors (Lipinski definition) is 3. The van der Waals surface area contributed by atoms with Gasteiger partial charge in [0.1, 0.15) is 18.2 Å². The van der Waals surface area contributed by atoms with Gasteiger partial charge in [-0.25, -0.2) is 4.39 Å². The second-order valence-electron chi connectivity index (χ2n) is 4.57. The van der Waals surface area contributed by atoms with Crippen LogP contribution in [0.5, 0.6) is 5.75 Å². The SMILES string of the molecule is Cc1cc(Br)cc(CO)c1OCc1cc(F)ccc1C#N. The Balaban J connectivity index is 2.29. The Labute approximate surface area is 130 Å². The molecule has 0 bridgehead atoms. The van der Waals surface area contributed by atoms with E-state index >= 15 is 0 Å². The first-order chi connectivity index (χ1) is 10.0. The zero-order chi connectivity index (χ0) is 15.4. The number of hydrogen-bond donors (Lipinski definition) is 1. The lowest BCUT2D eigenvalue weighted by Crippen LogP contribution is -2.03. The van der Waals surface area contributed by atoms with Crippen LogP contribution in [-0.2, 0) is 13.2 Å². The zero-order valence-corrected chi connectivity index (χ0v) is 12.9. The Morgan fingerprint density at radius 1 is 1.29 bits per heavy atom. The minimum atomic E-state index is -0.414. The molecule has 0 aliphatic rings. The maximum Gasteiger partial charge on any atom is 0.128 e. The Morgan fingerprint density at radius 3 is 2.71 bits per heavy atom. The first-order valence-electron chi connectivity index (χ1n) is 6.26. The van der Waals surface area contributed by atoms with Gasteiger partial charge in [0.25, 0.3) is 0 Å². The van der Waals surface area contributed by atoms with Crippen LogP contribution >= 0.6 is 15.9 Å². The number of aryl methyl sites for hydroxylation is 1. The fraction of sp³-hybridized carbons (Fsp3) is 0.188. The third-order valence-corrected chi connectivity index (χ3v) is 3.50. The van der Waals surface area contributed by atoms with Gasteiger partial charge in [-0.05, 0) is 42.8 Å². The lowest BCUT2D eigenvalue weighted by Gasteiger charge is -2.14. The van der Waals surface area contributed by atoms with Crippen molar-refractivity contribution >= 4 is 15.9 Å². The van der Waals surface area contributed by atoms with Crippen molar-refractivity contribution < 1.29 is 14.2 Å². The van der Waals surface area contributed by atoms with E-state index in [0.29, 0.717) is 22.4 Å². The highest BCUT2D eigenvalue weighted by Gasteiger charge is 2.11. The number of nitrogens with zero attached hydrogens (tertiary/aromatic N) is 1. The molecular formula is C16H13BrFNO2. The molecule has 21 heavy (non-hydrogen) atoms. The number of halogens is 2. The van der Waals surface area contributed by atoms with E-state index in [2.05, 4.69) is 15.9 Å². The van der Waals surface area contributed by atoms with E-state index in [0.717, 1.165) is 10.0 Å². The highest BCUT2D eigenvalue weighted by atomic mass is 79.9. The summed E-state index contributed by atoms with van der Waals surface area (Å²) < 4.78 is 19.8. The van der Waals surface area contributed by atoms with Gasteiger partial charge < -0.3 is 9.84 Å². The van der Waals surface area contributed by atoms with Gasteiger partial charge in [-0.3, -0.25) is 0 Å². The van der Waals surface area contributed by atoms with Crippen LogP contribution in [-0.4, -0.2) is 5.11 Å². The van der Waals surface area contributed by atoms with E-state index in [9.17, 15) is 9.50 Å². The highest BCUT2D eigenvalue weighted by molar-refractivity contribution is 9.10. The molecule has 2 aromatic carbocycles. The molecule has 2 aromatic rings. The normalized spacial score (nSPS) is 10.2. The summed E-state index contributed by atoms with van der Waals surface area (Å²) in [7, 11) is 0. The molecule has 0 saturated heterocycles. The van der Waals surface area contributed by atoms with E-state index in [1.807, 2.05) is 19.1 Å². The maximum absolute atomic E-state index is 13.3. The first kappa shape index (κ1) is 15.5. The van der Waals surface area contributed by atoms with Crippen LogP contribution in [0.2, 0.25) is 0 Å². The van der Waals surface area contributed by atoms with Crippen molar-refractivity contribution in [2.45, 2.75) is 20.1 Å².